The van der Waals surface area contributed by atoms with E-state index in [1.807, 2.05) is 32.9 Å². The Bertz CT molecular complexity index is 392. The fraction of sp³-hybridized carbons (Fsp3) is 0.615. The minimum Gasteiger partial charge on any atom is -0.396 e. The standard InChI is InChI=1S/C13H22N2O2S/c1-4-13(3,7-8-16)15-12(17)14-9-11-6-5-10(2)18-11/h5-6,16H,4,7-9H2,1-3H3,(H2,14,15,17)/t13-/m1/s1. The molecule has 0 spiro atoms. The second-order valence-corrected chi connectivity index (χ2v) is 6.08. The summed E-state index contributed by atoms with van der Waals surface area (Å²) in [6.07, 6.45) is 1.36. The lowest BCUT2D eigenvalue weighted by molar-refractivity contribution is 0.201. The molecule has 5 heteroatoms. The van der Waals surface area contributed by atoms with E-state index in [1.165, 1.54) is 4.88 Å². The molecule has 0 bridgehead atoms. The number of carbonyl (C=O) groups is 1. The van der Waals surface area contributed by atoms with E-state index in [2.05, 4.69) is 10.6 Å². The second kappa shape index (κ2) is 6.75. The fourth-order valence-electron chi connectivity index (χ4n) is 1.64. The molecule has 1 rings (SSSR count). The predicted octanol–water partition coefficient (Wildman–Crippen LogP) is 2.41. The highest BCUT2D eigenvalue weighted by atomic mass is 32.1. The number of urea groups is 1. The van der Waals surface area contributed by atoms with E-state index in [1.54, 1.807) is 11.3 Å². The Kier molecular flexibility index (Phi) is 5.62. The molecular formula is C13H22N2O2S. The summed E-state index contributed by atoms with van der Waals surface area (Å²) in [5, 5.41) is 14.7. The molecule has 0 unspecified atom stereocenters. The molecule has 1 heterocycles. The largest absolute Gasteiger partial charge is 0.396 e. The van der Waals surface area contributed by atoms with Crippen molar-refractivity contribution in [2.24, 2.45) is 0 Å². The molecule has 4 nitrogen and oxygen atoms in total. The normalized spacial score (nSPS) is 14.0. The van der Waals surface area contributed by atoms with Crippen LogP contribution in [0.2, 0.25) is 0 Å². The zero-order valence-corrected chi connectivity index (χ0v) is 12.1. The zero-order valence-electron chi connectivity index (χ0n) is 11.2. The highest BCUT2D eigenvalue weighted by Crippen LogP contribution is 2.15. The van der Waals surface area contributed by atoms with Crippen LogP contribution in [0.15, 0.2) is 12.1 Å². The van der Waals surface area contributed by atoms with Crippen molar-refractivity contribution in [2.45, 2.75) is 45.7 Å². The van der Waals surface area contributed by atoms with Crippen LogP contribution >= 0.6 is 11.3 Å². The molecule has 1 atom stereocenters. The SMILES string of the molecule is CC[C@](C)(CCO)NC(=O)NCc1ccc(C)s1. The Morgan fingerprint density at radius 3 is 2.72 bits per heavy atom. The van der Waals surface area contributed by atoms with Gasteiger partial charge in [-0.05, 0) is 38.8 Å². The van der Waals surface area contributed by atoms with E-state index in [4.69, 9.17) is 5.11 Å². The summed E-state index contributed by atoms with van der Waals surface area (Å²) in [7, 11) is 0. The summed E-state index contributed by atoms with van der Waals surface area (Å²) in [5.74, 6) is 0. The van der Waals surface area contributed by atoms with Crippen molar-refractivity contribution >= 4 is 17.4 Å². The van der Waals surface area contributed by atoms with E-state index in [9.17, 15) is 4.79 Å². The number of thiophene rings is 1. The maximum Gasteiger partial charge on any atom is 0.315 e. The molecule has 0 aliphatic rings. The van der Waals surface area contributed by atoms with Crippen molar-refractivity contribution in [3.05, 3.63) is 21.9 Å². The number of aliphatic hydroxyl groups is 1. The lowest BCUT2D eigenvalue weighted by atomic mass is 9.95. The highest BCUT2D eigenvalue weighted by Gasteiger charge is 2.23. The third-order valence-electron chi connectivity index (χ3n) is 3.08. The number of amides is 2. The van der Waals surface area contributed by atoms with Crippen LogP contribution in [0, 0.1) is 6.92 Å². The lowest BCUT2D eigenvalue weighted by Crippen LogP contribution is -2.50. The van der Waals surface area contributed by atoms with Gasteiger partial charge in [0.05, 0.1) is 6.54 Å². The van der Waals surface area contributed by atoms with Crippen molar-refractivity contribution in [3.63, 3.8) is 0 Å². The number of aryl methyl sites for hydroxylation is 1. The molecule has 0 fully saturated rings. The second-order valence-electron chi connectivity index (χ2n) is 4.71. The molecule has 0 saturated carbocycles. The minimum absolute atomic E-state index is 0.0781. The van der Waals surface area contributed by atoms with Crippen molar-refractivity contribution in [1.29, 1.82) is 0 Å². The maximum absolute atomic E-state index is 11.8. The summed E-state index contributed by atoms with van der Waals surface area (Å²) < 4.78 is 0. The van der Waals surface area contributed by atoms with Gasteiger partial charge in [-0.15, -0.1) is 11.3 Å². The Morgan fingerprint density at radius 2 is 2.22 bits per heavy atom. The van der Waals surface area contributed by atoms with Gasteiger partial charge in [0.2, 0.25) is 0 Å². The molecule has 0 radical (unpaired) electrons. The predicted molar refractivity (Wildman–Crippen MR) is 74.8 cm³/mol. The Morgan fingerprint density at radius 1 is 1.50 bits per heavy atom. The topological polar surface area (TPSA) is 61.4 Å². The van der Waals surface area contributed by atoms with Gasteiger partial charge in [-0.25, -0.2) is 4.79 Å². The van der Waals surface area contributed by atoms with Crippen LogP contribution < -0.4 is 10.6 Å². The van der Waals surface area contributed by atoms with E-state index < -0.39 is 0 Å². The van der Waals surface area contributed by atoms with Gasteiger partial charge in [0.25, 0.3) is 0 Å². The van der Waals surface area contributed by atoms with Crippen LogP contribution in [0.4, 0.5) is 4.79 Å². The lowest BCUT2D eigenvalue weighted by Gasteiger charge is -2.28. The smallest absolute Gasteiger partial charge is 0.315 e. The first kappa shape index (κ1) is 15.0. The van der Waals surface area contributed by atoms with Crippen LogP contribution in [0.1, 0.15) is 36.4 Å². The summed E-state index contributed by atoms with van der Waals surface area (Å²) in [5.41, 5.74) is -0.343. The number of hydrogen-bond acceptors (Lipinski definition) is 3. The number of hydrogen-bond donors (Lipinski definition) is 3. The monoisotopic (exact) mass is 270 g/mol. The summed E-state index contributed by atoms with van der Waals surface area (Å²) in [4.78, 5) is 14.2. The molecule has 2 amide bonds. The van der Waals surface area contributed by atoms with Crippen molar-refractivity contribution in [3.8, 4) is 0 Å². The molecule has 0 aliphatic heterocycles. The van der Waals surface area contributed by atoms with Gasteiger partial charge in [-0.1, -0.05) is 6.92 Å². The first-order valence-electron chi connectivity index (χ1n) is 6.21. The molecule has 102 valence electrons. The number of carbonyl (C=O) groups excluding carboxylic acids is 1. The highest BCUT2D eigenvalue weighted by molar-refractivity contribution is 7.11. The molecule has 0 saturated heterocycles. The van der Waals surface area contributed by atoms with Gasteiger partial charge >= 0.3 is 6.03 Å². The summed E-state index contributed by atoms with van der Waals surface area (Å²) in [6, 6.07) is 3.88. The minimum atomic E-state index is -0.343. The quantitative estimate of drug-likeness (QED) is 0.743. The summed E-state index contributed by atoms with van der Waals surface area (Å²) in [6.45, 7) is 6.61. The van der Waals surface area contributed by atoms with Gasteiger partial charge in [0, 0.05) is 21.9 Å². The average Bonchev–Trinajstić information content (AvgIpc) is 2.73. The summed E-state index contributed by atoms with van der Waals surface area (Å²) >= 11 is 1.68. The van der Waals surface area contributed by atoms with Crippen molar-refractivity contribution in [2.75, 3.05) is 6.61 Å². The zero-order chi connectivity index (χ0) is 13.6. The Balaban J connectivity index is 2.41. The van der Waals surface area contributed by atoms with Crippen LogP contribution in [0.25, 0.3) is 0 Å². The number of rotatable bonds is 6. The molecular weight excluding hydrogens is 248 g/mol. The third-order valence-corrected chi connectivity index (χ3v) is 4.08. The third kappa shape index (κ3) is 4.66. The van der Waals surface area contributed by atoms with Gasteiger partial charge in [-0.3, -0.25) is 0 Å². The van der Waals surface area contributed by atoms with E-state index >= 15 is 0 Å². The maximum atomic E-state index is 11.8. The van der Waals surface area contributed by atoms with Crippen LogP contribution in [-0.2, 0) is 6.54 Å². The van der Waals surface area contributed by atoms with Gasteiger partial charge < -0.3 is 15.7 Å². The van der Waals surface area contributed by atoms with Crippen LogP contribution in [0.3, 0.4) is 0 Å². The van der Waals surface area contributed by atoms with E-state index in [0.29, 0.717) is 13.0 Å². The number of nitrogens with one attached hydrogen (secondary N) is 2. The molecule has 3 N–H and O–H groups in total. The molecule has 0 aromatic carbocycles. The molecule has 1 aromatic rings. The average molecular weight is 270 g/mol. The Hall–Kier alpha value is -1.07. The fourth-order valence-corrected chi connectivity index (χ4v) is 2.47. The van der Waals surface area contributed by atoms with Crippen molar-refractivity contribution < 1.29 is 9.90 Å². The molecule has 18 heavy (non-hydrogen) atoms. The molecule has 0 aliphatic carbocycles. The van der Waals surface area contributed by atoms with Crippen LogP contribution in [0.5, 0.6) is 0 Å². The van der Waals surface area contributed by atoms with Gasteiger partial charge in [-0.2, -0.15) is 0 Å². The van der Waals surface area contributed by atoms with E-state index in [-0.39, 0.29) is 18.2 Å². The van der Waals surface area contributed by atoms with Crippen molar-refractivity contribution in [1.82, 2.24) is 10.6 Å². The Labute approximate surface area is 112 Å². The first-order valence-corrected chi connectivity index (χ1v) is 7.03. The van der Waals surface area contributed by atoms with E-state index in [0.717, 1.165) is 11.3 Å². The van der Waals surface area contributed by atoms with Gasteiger partial charge in [0.15, 0.2) is 0 Å². The van der Waals surface area contributed by atoms with Gasteiger partial charge in [0.1, 0.15) is 0 Å². The molecule has 1 aromatic heterocycles. The number of aliphatic hydroxyl groups excluding tert-OH is 1. The van der Waals surface area contributed by atoms with Crippen LogP contribution in [-0.4, -0.2) is 23.3 Å². The first-order chi connectivity index (χ1) is 8.49.